The summed E-state index contributed by atoms with van der Waals surface area (Å²) in [4.78, 5) is 0. The minimum atomic E-state index is -0.212. The smallest absolute Gasteiger partial charge is 0.119 e. The number of aliphatic hydroxyl groups excluding tert-OH is 1. The number of aliphatic hydroxyl groups is 1. The molecule has 1 aromatic rings. The van der Waals surface area contributed by atoms with Crippen LogP contribution in [0, 0.1) is 5.92 Å². The minimum Gasteiger partial charge on any atom is -0.497 e. The lowest BCUT2D eigenvalue weighted by atomic mass is 10.0. The molecule has 3 nitrogen and oxygen atoms in total. The Kier molecular flexibility index (Phi) is 5.23. The average Bonchev–Trinajstić information content (AvgIpc) is 2.98. The normalized spacial score (nSPS) is 19.3. The molecule has 1 aliphatic carbocycles. The van der Waals surface area contributed by atoms with E-state index < -0.39 is 0 Å². The molecule has 2 rings (SSSR count). The first-order valence-corrected chi connectivity index (χ1v) is 7.26. The van der Waals surface area contributed by atoms with Crippen molar-refractivity contribution in [2.75, 3.05) is 13.7 Å². The molecule has 1 aromatic carbocycles. The molecule has 3 heteroatoms. The largest absolute Gasteiger partial charge is 0.497 e. The van der Waals surface area contributed by atoms with Gasteiger partial charge in [0.2, 0.25) is 0 Å². The van der Waals surface area contributed by atoms with E-state index in [1.54, 1.807) is 7.11 Å². The Bertz CT molecular complexity index is 388. The zero-order chi connectivity index (χ0) is 13.7. The molecular formula is C16H25NO2. The maximum absolute atomic E-state index is 10.2. The van der Waals surface area contributed by atoms with Crippen molar-refractivity contribution in [3.05, 3.63) is 29.8 Å². The van der Waals surface area contributed by atoms with Crippen molar-refractivity contribution in [1.29, 1.82) is 0 Å². The number of nitrogens with one attached hydrogen (secondary N) is 1. The zero-order valence-electron chi connectivity index (χ0n) is 11.9. The maximum atomic E-state index is 10.2. The quantitative estimate of drug-likeness (QED) is 0.829. The predicted octanol–water partition coefficient (Wildman–Crippen LogP) is 2.90. The van der Waals surface area contributed by atoms with Gasteiger partial charge in [-0.15, -0.1) is 0 Å². The standard InChI is InChI=1S/C16H25NO2/c1-12(14-8-5-9-15(10-14)19-2)17-11-16(18)13-6-3-4-7-13/h5,8-10,12-13,16-18H,3-4,6-7,11H2,1-2H3. The summed E-state index contributed by atoms with van der Waals surface area (Å²) in [5.41, 5.74) is 1.19. The van der Waals surface area contributed by atoms with Crippen LogP contribution in [0.25, 0.3) is 0 Å². The van der Waals surface area contributed by atoms with E-state index in [0.29, 0.717) is 12.5 Å². The monoisotopic (exact) mass is 263 g/mol. The van der Waals surface area contributed by atoms with Gasteiger partial charge in [-0.1, -0.05) is 25.0 Å². The molecule has 19 heavy (non-hydrogen) atoms. The highest BCUT2D eigenvalue weighted by atomic mass is 16.5. The van der Waals surface area contributed by atoms with Gasteiger partial charge in [0.05, 0.1) is 13.2 Å². The second kappa shape index (κ2) is 6.92. The van der Waals surface area contributed by atoms with Gasteiger partial charge in [-0.25, -0.2) is 0 Å². The van der Waals surface area contributed by atoms with E-state index in [1.807, 2.05) is 18.2 Å². The summed E-state index contributed by atoms with van der Waals surface area (Å²) in [5, 5.41) is 13.6. The second-order valence-electron chi connectivity index (χ2n) is 5.52. The predicted molar refractivity (Wildman–Crippen MR) is 77.4 cm³/mol. The Hall–Kier alpha value is -1.06. The van der Waals surface area contributed by atoms with Crippen LogP contribution in [0.1, 0.15) is 44.2 Å². The molecule has 1 saturated carbocycles. The lowest BCUT2D eigenvalue weighted by Gasteiger charge is -2.21. The Morgan fingerprint density at radius 1 is 1.37 bits per heavy atom. The first-order valence-electron chi connectivity index (χ1n) is 7.26. The fourth-order valence-electron chi connectivity index (χ4n) is 2.84. The fourth-order valence-corrected chi connectivity index (χ4v) is 2.84. The van der Waals surface area contributed by atoms with Gasteiger partial charge in [0.1, 0.15) is 5.75 Å². The van der Waals surface area contributed by atoms with Gasteiger partial charge in [-0.2, -0.15) is 0 Å². The van der Waals surface area contributed by atoms with Gasteiger partial charge < -0.3 is 15.2 Å². The van der Waals surface area contributed by atoms with Crippen LogP contribution in [0.3, 0.4) is 0 Å². The maximum Gasteiger partial charge on any atom is 0.119 e. The van der Waals surface area contributed by atoms with Crippen molar-refractivity contribution >= 4 is 0 Å². The van der Waals surface area contributed by atoms with E-state index in [-0.39, 0.29) is 12.1 Å². The number of rotatable bonds is 6. The second-order valence-corrected chi connectivity index (χ2v) is 5.52. The summed E-state index contributed by atoms with van der Waals surface area (Å²) in [6, 6.07) is 8.30. The highest BCUT2D eigenvalue weighted by molar-refractivity contribution is 5.30. The lowest BCUT2D eigenvalue weighted by molar-refractivity contribution is 0.106. The van der Waals surface area contributed by atoms with Gasteiger partial charge in [-0.05, 0) is 43.4 Å². The summed E-state index contributed by atoms with van der Waals surface area (Å²) in [6.45, 7) is 2.79. The summed E-state index contributed by atoms with van der Waals surface area (Å²) in [7, 11) is 1.68. The molecule has 0 aliphatic heterocycles. The summed E-state index contributed by atoms with van der Waals surface area (Å²) < 4.78 is 5.23. The number of hydrogen-bond donors (Lipinski definition) is 2. The SMILES string of the molecule is COc1cccc(C(C)NCC(O)C2CCCC2)c1. The van der Waals surface area contributed by atoms with Crippen molar-refractivity contribution in [3.8, 4) is 5.75 Å². The molecule has 106 valence electrons. The summed E-state index contributed by atoms with van der Waals surface area (Å²) in [5.74, 6) is 1.37. The minimum absolute atomic E-state index is 0.212. The molecule has 1 aliphatic rings. The molecule has 1 fully saturated rings. The molecule has 2 atom stereocenters. The fraction of sp³-hybridized carbons (Fsp3) is 0.625. The van der Waals surface area contributed by atoms with E-state index in [9.17, 15) is 5.11 Å². The molecule has 0 spiro atoms. The Morgan fingerprint density at radius 3 is 2.79 bits per heavy atom. The molecule has 0 saturated heterocycles. The molecule has 2 N–H and O–H groups in total. The Labute approximate surface area is 116 Å². The molecule has 0 bridgehead atoms. The van der Waals surface area contributed by atoms with Crippen LogP contribution < -0.4 is 10.1 Å². The zero-order valence-corrected chi connectivity index (χ0v) is 11.9. The number of methoxy groups -OCH3 is 1. The number of hydrogen-bond acceptors (Lipinski definition) is 3. The van der Waals surface area contributed by atoms with E-state index in [1.165, 1.54) is 31.2 Å². The van der Waals surface area contributed by atoms with Gasteiger partial charge in [0.25, 0.3) is 0 Å². The van der Waals surface area contributed by atoms with Crippen LogP contribution in [0.5, 0.6) is 5.75 Å². The lowest BCUT2D eigenvalue weighted by Crippen LogP contribution is -2.33. The third-order valence-corrected chi connectivity index (χ3v) is 4.17. The van der Waals surface area contributed by atoms with E-state index in [4.69, 9.17) is 4.74 Å². The van der Waals surface area contributed by atoms with Crippen LogP contribution in [-0.2, 0) is 0 Å². The van der Waals surface area contributed by atoms with E-state index in [0.717, 1.165) is 5.75 Å². The van der Waals surface area contributed by atoms with E-state index >= 15 is 0 Å². The first-order chi connectivity index (χ1) is 9.20. The summed E-state index contributed by atoms with van der Waals surface area (Å²) >= 11 is 0. The van der Waals surface area contributed by atoms with Crippen LogP contribution >= 0.6 is 0 Å². The molecule has 0 amide bonds. The van der Waals surface area contributed by atoms with E-state index in [2.05, 4.69) is 18.3 Å². The van der Waals surface area contributed by atoms with Crippen molar-refractivity contribution in [3.63, 3.8) is 0 Å². The van der Waals surface area contributed by atoms with Crippen LogP contribution in [0.4, 0.5) is 0 Å². The molecule has 0 aromatic heterocycles. The Balaban J connectivity index is 1.84. The van der Waals surface area contributed by atoms with Crippen molar-refractivity contribution in [2.24, 2.45) is 5.92 Å². The highest BCUT2D eigenvalue weighted by Gasteiger charge is 2.23. The third-order valence-electron chi connectivity index (χ3n) is 4.17. The molecule has 0 radical (unpaired) electrons. The van der Waals surface area contributed by atoms with Gasteiger partial charge in [0.15, 0.2) is 0 Å². The Morgan fingerprint density at radius 2 is 2.11 bits per heavy atom. The molecule has 2 unspecified atom stereocenters. The molecule has 0 heterocycles. The highest BCUT2D eigenvalue weighted by Crippen LogP contribution is 2.27. The van der Waals surface area contributed by atoms with Crippen molar-refractivity contribution < 1.29 is 9.84 Å². The van der Waals surface area contributed by atoms with Gasteiger partial charge >= 0.3 is 0 Å². The summed E-state index contributed by atoms with van der Waals surface area (Å²) in [6.07, 6.45) is 4.68. The topological polar surface area (TPSA) is 41.5 Å². The van der Waals surface area contributed by atoms with Crippen LogP contribution in [0.2, 0.25) is 0 Å². The van der Waals surface area contributed by atoms with Gasteiger partial charge in [0, 0.05) is 12.6 Å². The van der Waals surface area contributed by atoms with Crippen molar-refractivity contribution in [2.45, 2.75) is 44.8 Å². The van der Waals surface area contributed by atoms with Crippen LogP contribution in [0.15, 0.2) is 24.3 Å². The van der Waals surface area contributed by atoms with Gasteiger partial charge in [-0.3, -0.25) is 0 Å². The first kappa shape index (κ1) is 14.4. The van der Waals surface area contributed by atoms with Crippen molar-refractivity contribution in [1.82, 2.24) is 5.32 Å². The third kappa shape index (κ3) is 3.95. The number of ether oxygens (including phenoxy) is 1. The number of benzene rings is 1. The molecular weight excluding hydrogens is 238 g/mol. The average molecular weight is 263 g/mol. The van der Waals surface area contributed by atoms with Crippen LogP contribution in [-0.4, -0.2) is 24.9 Å².